The number of nitrogens with two attached hydrogens (primary N) is 1. The molecule has 1 aromatic rings. The molecule has 0 spiro atoms. The molecule has 1 unspecified atom stereocenters. The molecule has 1 rings (SSSR count). The Bertz CT molecular complexity index is 270. The van der Waals surface area contributed by atoms with Crippen LogP contribution in [0.15, 0.2) is 6.20 Å². The zero-order valence-corrected chi connectivity index (χ0v) is 8.45. The molecule has 1 heterocycles. The van der Waals surface area contributed by atoms with E-state index in [0.29, 0.717) is 0 Å². The molecule has 0 saturated carbocycles. The van der Waals surface area contributed by atoms with E-state index in [4.69, 9.17) is 10.5 Å². The van der Waals surface area contributed by atoms with Crippen LogP contribution >= 0.6 is 0 Å². The van der Waals surface area contributed by atoms with E-state index in [1.807, 2.05) is 7.05 Å². The molecule has 0 aliphatic heterocycles. The van der Waals surface area contributed by atoms with Crippen molar-refractivity contribution in [3.05, 3.63) is 11.9 Å². The Morgan fingerprint density at radius 1 is 1.69 bits per heavy atom. The van der Waals surface area contributed by atoms with Crippen molar-refractivity contribution < 1.29 is 4.74 Å². The molecule has 0 bridgehead atoms. The second-order valence-electron chi connectivity index (χ2n) is 3.12. The third kappa shape index (κ3) is 2.01. The van der Waals surface area contributed by atoms with Crippen molar-refractivity contribution in [3.8, 4) is 5.75 Å². The fourth-order valence-electron chi connectivity index (χ4n) is 1.45. The molecule has 4 heteroatoms. The quantitative estimate of drug-likeness (QED) is 0.763. The van der Waals surface area contributed by atoms with Crippen LogP contribution in [0.25, 0.3) is 0 Å². The molecule has 0 radical (unpaired) electrons. The molecular formula is C9H17N3O. The molecule has 1 atom stereocenters. The van der Waals surface area contributed by atoms with Gasteiger partial charge in [-0.3, -0.25) is 4.68 Å². The summed E-state index contributed by atoms with van der Waals surface area (Å²) in [4.78, 5) is 0. The number of nitrogens with zero attached hydrogens (tertiary/aromatic N) is 2. The molecule has 1 aromatic heterocycles. The lowest BCUT2D eigenvalue weighted by molar-refractivity contribution is 0.401. The highest BCUT2D eigenvalue weighted by Crippen LogP contribution is 2.25. The largest absolute Gasteiger partial charge is 0.493 e. The van der Waals surface area contributed by atoms with Crippen molar-refractivity contribution in [2.75, 3.05) is 7.11 Å². The van der Waals surface area contributed by atoms with E-state index in [0.717, 1.165) is 24.3 Å². The normalized spacial score (nSPS) is 12.9. The number of methoxy groups -OCH3 is 1. The SMILES string of the molecule is CCCC(N)c1c(OC)cnn1C. The summed E-state index contributed by atoms with van der Waals surface area (Å²) < 4.78 is 6.95. The van der Waals surface area contributed by atoms with Crippen LogP contribution in [0.5, 0.6) is 5.75 Å². The molecule has 0 aliphatic carbocycles. The standard InChI is InChI=1S/C9H17N3O/c1-4-5-7(10)9-8(13-3)6-11-12(9)2/h6-7H,4-5,10H2,1-3H3. The van der Waals surface area contributed by atoms with Gasteiger partial charge in [0.25, 0.3) is 0 Å². The van der Waals surface area contributed by atoms with Gasteiger partial charge in [-0.05, 0) is 6.42 Å². The Hall–Kier alpha value is -1.03. The molecule has 0 fully saturated rings. The highest BCUT2D eigenvalue weighted by atomic mass is 16.5. The Morgan fingerprint density at radius 2 is 2.38 bits per heavy atom. The zero-order valence-electron chi connectivity index (χ0n) is 8.45. The van der Waals surface area contributed by atoms with Crippen molar-refractivity contribution in [2.24, 2.45) is 12.8 Å². The Balaban J connectivity index is 2.89. The average Bonchev–Trinajstić information content (AvgIpc) is 2.47. The van der Waals surface area contributed by atoms with Gasteiger partial charge in [0.15, 0.2) is 5.75 Å². The average molecular weight is 183 g/mol. The summed E-state index contributed by atoms with van der Waals surface area (Å²) in [7, 11) is 3.52. The summed E-state index contributed by atoms with van der Waals surface area (Å²) in [5.41, 5.74) is 6.96. The van der Waals surface area contributed by atoms with E-state index >= 15 is 0 Å². The third-order valence-corrected chi connectivity index (χ3v) is 2.12. The van der Waals surface area contributed by atoms with Crippen LogP contribution in [0, 0.1) is 0 Å². The minimum Gasteiger partial charge on any atom is -0.493 e. The summed E-state index contributed by atoms with van der Waals surface area (Å²) in [6, 6.07) is 0.0208. The van der Waals surface area contributed by atoms with Crippen LogP contribution in [0.2, 0.25) is 0 Å². The highest BCUT2D eigenvalue weighted by Gasteiger charge is 2.15. The van der Waals surface area contributed by atoms with Gasteiger partial charge in [-0.2, -0.15) is 5.10 Å². The molecular weight excluding hydrogens is 166 g/mol. The molecule has 0 saturated heterocycles. The second-order valence-corrected chi connectivity index (χ2v) is 3.12. The van der Waals surface area contributed by atoms with E-state index < -0.39 is 0 Å². The van der Waals surface area contributed by atoms with Crippen LogP contribution in [0.4, 0.5) is 0 Å². The van der Waals surface area contributed by atoms with Crippen LogP contribution < -0.4 is 10.5 Å². The van der Waals surface area contributed by atoms with Crippen LogP contribution in [-0.2, 0) is 7.05 Å². The van der Waals surface area contributed by atoms with Gasteiger partial charge >= 0.3 is 0 Å². The second kappa shape index (κ2) is 4.28. The zero-order chi connectivity index (χ0) is 9.84. The lowest BCUT2D eigenvalue weighted by Gasteiger charge is -2.12. The van der Waals surface area contributed by atoms with Gasteiger partial charge in [0.1, 0.15) is 0 Å². The van der Waals surface area contributed by atoms with Crippen molar-refractivity contribution in [3.63, 3.8) is 0 Å². The third-order valence-electron chi connectivity index (χ3n) is 2.12. The topological polar surface area (TPSA) is 53.1 Å². The maximum absolute atomic E-state index is 5.99. The highest BCUT2D eigenvalue weighted by molar-refractivity contribution is 5.27. The van der Waals surface area contributed by atoms with Crippen LogP contribution in [-0.4, -0.2) is 16.9 Å². The van der Waals surface area contributed by atoms with E-state index in [9.17, 15) is 0 Å². The summed E-state index contributed by atoms with van der Waals surface area (Å²) in [5.74, 6) is 0.781. The molecule has 2 N–H and O–H groups in total. The van der Waals surface area contributed by atoms with Crippen molar-refractivity contribution in [1.29, 1.82) is 0 Å². The molecule has 74 valence electrons. The number of ether oxygens (including phenoxy) is 1. The summed E-state index contributed by atoms with van der Waals surface area (Å²) in [6.45, 7) is 2.11. The predicted octanol–water partition coefficient (Wildman–Crippen LogP) is 1.23. The van der Waals surface area contributed by atoms with Gasteiger partial charge in [0.05, 0.1) is 25.0 Å². The number of rotatable bonds is 4. The Kier molecular flexibility index (Phi) is 3.31. The molecule has 13 heavy (non-hydrogen) atoms. The smallest absolute Gasteiger partial charge is 0.161 e. The first-order chi connectivity index (χ1) is 6.20. The van der Waals surface area contributed by atoms with Gasteiger partial charge in [-0.15, -0.1) is 0 Å². The first kappa shape index (κ1) is 10.1. The predicted molar refractivity (Wildman–Crippen MR) is 51.6 cm³/mol. The fourth-order valence-corrected chi connectivity index (χ4v) is 1.45. The maximum atomic E-state index is 5.99. The van der Waals surface area contributed by atoms with E-state index in [-0.39, 0.29) is 6.04 Å². The number of aryl methyl sites for hydroxylation is 1. The van der Waals surface area contributed by atoms with Crippen LogP contribution in [0.1, 0.15) is 31.5 Å². The van der Waals surface area contributed by atoms with Crippen molar-refractivity contribution >= 4 is 0 Å². The van der Waals surface area contributed by atoms with Crippen molar-refractivity contribution in [2.45, 2.75) is 25.8 Å². The first-order valence-electron chi connectivity index (χ1n) is 4.52. The van der Waals surface area contributed by atoms with Gasteiger partial charge < -0.3 is 10.5 Å². The molecule has 0 amide bonds. The minimum absolute atomic E-state index is 0.0208. The number of hydrogen-bond acceptors (Lipinski definition) is 3. The fraction of sp³-hybridized carbons (Fsp3) is 0.667. The Morgan fingerprint density at radius 3 is 2.92 bits per heavy atom. The molecule has 0 aromatic carbocycles. The Labute approximate surface area is 78.7 Å². The van der Waals surface area contributed by atoms with Gasteiger partial charge in [0.2, 0.25) is 0 Å². The molecule has 4 nitrogen and oxygen atoms in total. The van der Waals surface area contributed by atoms with E-state index in [1.54, 1.807) is 18.0 Å². The first-order valence-corrected chi connectivity index (χ1v) is 4.52. The van der Waals surface area contributed by atoms with Gasteiger partial charge in [-0.25, -0.2) is 0 Å². The van der Waals surface area contributed by atoms with E-state index in [1.165, 1.54) is 0 Å². The lowest BCUT2D eigenvalue weighted by atomic mass is 10.1. The van der Waals surface area contributed by atoms with E-state index in [2.05, 4.69) is 12.0 Å². The number of aromatic nitrogens is 2. The molecule has 0 aliphatic rings. The summed E-state index contributed by atoms with van der Waals surface area (Å²) in [5, 5.41) is 4.10. The van der Waals surface area contributed by atoms with Gasteiger partial charge in [0, 0.05) is 7.05 Å². The van der Waals surface area contributed by atoms with Gasteiger partial charge in [-0.1, -0.05) is 13.3 Å². The van der Waals surface area contributed by atoms with Crippen LogP contribution in [0.3, 0.4) is 0 Å². The van der Waals surface area contributed by atoms with Crippen molar-refractivity contribution in [1.82, 2.24) is 9.78 Å². The minimum atomic E-state index is 0.0208. The summed E-state index contributed by atoms with van der Waals surface area (Å²) in [6.07, 6.45) is 3.72. The maximum Gasteiger partial charge on any atom is 0.161 e. The summed E-state index contributed by atoms with van der Waals surface area (Å²) >= 11 is 0. The monoisotopic (exact) mass is 183 g/mol. The lowest BCUT2D eigenvalue weighted by Crippen LogP contribution is -2.15. The number of hydrogen-bond donors (Lipinski definition) is 1.